The molecule has 0 saturated carbocycles. The van der Waals surface area contributed by atoms with Crippen molar-refractivity contribution in [2.24, 2.45) is 5.10 Å². The SMILES string of the molecule is CN(C)c1ccc(C2=NN(C(=O)CCC(=O)O)[C@@H](c3cccc(Cl)c3)C2)cc1. The number of amides is 1. The number of carbonyl (C=O) groups is 2. The van der Waals surface area contributed by atoms with E-state index in [9.17, 15) is 9.59 Å². The van der Waals surface area contributed by atoms with Crippen LogP contribution in [0.25, 0.3) is 0 Å². The van der Waals surface area contributed by atoms with Crippen LogP contribution in [-0.4, -0.2) is 41.8 Å². The molecule has 0 saturated heterocycles. The number of carboxylic acid groups (broad SMARTS) is 1. The van der Waals surface area contributed by atoms with E-state index in [0.717, 1.165) is 22.5 Å². The standard InChI is InChI=1S/C21H22ClN3O3/c1-24(2)17-8-6-14(7-9-17)18-13-19(15-4-3-5-16(22)12-15)25(23-18)20(26)10-11-21(27)28/h3-9,12,19H,10-11,13H2,1-2H3,(H,27,28)/t19-/m1/s1. The molecule has 0 unspecified atom stereocenters. The van der Waals surface area contributed by atoms with Gasteiger partial charge >= 0.3 is 5.97 Å². The van der Waals surface area contributed by atoms with Crippen molar-refractivity contribution in [3.8, 4) is 0 Å². The first kappa shape index (κ1) is 19.9. The summed E-state index contributed by atoms with van der Waals surface area (Å²) in [4.78, 5) is 25.5. The van der Waals surface area contributed by atoms with Crippen LogP contribution in [-0.2, 0) is 9.59 Å². The summed E-state index contributed by atoms with van der Waals surface area (Å²) >= 11 is 6.13. The molecular formula is C21H22ClN3O3. The fourth-order valence-corrected chi connectivity index (χ4v) is 3.37. The molecular weight excluding hydrogens is 378 g/mol. The second-order valence-corrected chi connectivity index (χ2v) is 7.33. The molecule has 6 nitrogen and oxygen atoms in total. The number of hydrazone groups is 1. The summed E-state index contributed by atoms with van der Waals surface area (Å²) in [5.41, 5.74) is 3.67. The van der Waals surface area contributed by atoms with E-state index in [0.29, 0.717) is 11.4 Å². The van der Waals surface area contributed by atoms with Crippen molar-refractivity contribution in [3.63, 3.8) is 0 Å². The molecule has 2 aromatic rings. The lowest BCUT2D eigenvalue weighted by atomic mass is 9.98. The van der Waals surface area contributed by atoms with Gasteiger partial charge in [0.1, 0.15) is 0 Å². The Balaban J connectivity index is 1.90. The first-order valence-electron chi connectivity index (χ1n) is 8.99. The Hall–Kier alpha value is -2.86. The Morgan fingerprint density at radius 1 is 1.18 bits per heavy atom. The van der Waals surface area contributed by atoms with Crippen molar-refractivity contribution in [1.29, 1.82) is 0 Å². The van der Waals surface area contributed by atoms with Gasteiger partial charge in [-0.05, 0) is 35.4 Å². The summed E-state index contributed by atoms with van der Waals surface area (Å²) in [5.74, 6) is -1.32. The average molecular weight is 400 g/mol. The number of carboxylic acids is 1. The van der Waals surface area contributed by atoms with Gasteiger partial charge in [0, 0.05) is 37.6 Å². The van der Waals surface area contributed by atoms with Crippen LogP contribution in [0.3, 0.4) is 0 Å². The Kier molecular flexibility index (Phi) is 5.99. The number of benzene rings is 2. The summed E-state index contributed by atoms with van der Waals surface area (Å²) in [7, 11) is 3.94. The molecule has 3 rings (SSSR count). The van der Waals surface area contributed by atoms with Crippen molar-refractivity contribution < 1.29 is 14.7 Å². The molecule has 0 fully saturated rings. The zero-order chi connectivity index (χ0) is 20.3. The lowest BCUT2D eigenvalue weighted by Gasteiger charge is -2.22. The molecule has 2 aromatic carbocycles. The Bertz CT molecular complexity index is 909. The smallest absolute Gasteiger partial charge is 0.303 e. The Morgan fingerprint density at radius 3 is 2.50 bits per heavy atom. The Morgan fingerprint density at radius 2 is 1.89 bits per heavy atom. The fourth-order valence-electron chi connectivity index (χ4n) is 3.17. The molecule has 0 radical (unpaired) electrons. The molecule has 146 valence electrons. The van der Waals surface area contributed by atoms with Crippen molar-refractivity contribution in [1.82, 2.24) is 5.01 Å². The normalized spacial score (nSPS) is 16.0. The van der Waals surface area contributed by atoms with E-state index in [1.807, 2.05) is 61.5 Å². The third-order valence-electron chi connectivity index (χ3n) is 4.67. The molecule has 0 spiro atoms. The van der Waals surface area contributed by atoms with E-state index in [1.54, 1.807) is 6.07 Å². The van der Waals surface area contributed by atoms with Gasteiger partial charge in [0.15, 0.2) is 0 Å². The number of nitrogens with zero attached hydrogens (tertiary/aromatic N) is 3. The second kappa shape index (κ2) is 8.44. The van der Waals surface area contributed by atoms with Crippen molar-refractivity contribution in [2.75, 3.05) is 19.0 Å². The monoisotopic (exact) mass is 399 g/mol. The fraction of sp³-hybridized carbons (Fsp3) is 0.286. The van der Waals surface area contributed by atoms with Crippen LogP contribution in [0.5, 0.6) is 0 Å². The molecule has 1 aliphatic rings. The maximum absolute atomic E-state index is 12.7. The summed E-state index contributed by atoms with van der Waals surface area (Å²) in [6, 6.07) is 15.0. The number of rotatable bonds is 6. The molecule has 1 heterocycles. The summed E-state index contributed by atoms with van der Waals surface area (Å²) in [6.07, 6.45) is 0.225. The lowest BCUT2D eigenvalue weighted by Crippen LogP contribution is -2.27. The van der Waals surface area contributed by atoms with Crippen molar-refractivity contribution in [3.05, 3.63) is 64.7 Å². The minimum absolute atomic E-state index is 0.0945. The molecule has 0 aliphatic carbocycles. The van der Waals surface area contributed by atoms with Crippen molar-refractivity contribution >= 4 is 34.9 Å². The maximum atomic E-state index is 12.7. The Labute approximate surface area is 169 Å². The van der Waals surface area contributed by atoms with Gasteiger partial charge in [0.2, 0.25) is 5.91 Å². The highest BCUT2D eigenvalue weighted by Crippen LogP contribution is 2.34. The lowest BCUT2D eigenvalue weighted by molar-refractivity contribution is -0.141. The molecule has 7 heteroatoms. The van der Waals surface area contributed by atoms with Crippen LogP contribution in [0.15, 0.2) is 53.6 Å². The minimum Gasteiger partial charge on any atom is -0.481 e. The number of anilines is 1. The summed E-state index contributed by atoms with van der Waals surface area (Å²) < 4.78 is 0. The molecule has 1 N–H and O–H groups in total. The molecule has 0 bridgehead atoms. The average Bonchev–Trinajstić information content (AvgIpc) is 3.11. The zero-order valence-electron chi connectivity index (χ0n) is 15.8. The van der Waals surface area contributed by atoms with Gasteiger partial charge in [-0.25, -0.2) is 5.01 Å². The number of halogens is 1. The van der Waals surface area contributed by atoms with Crippen LogP contribution in [0, 0.1) is 0 Å². The summed E-state index contributed by atoms with van der Waals surface area (Å²) in [6.45, 7) is 0. The first-order valence-corrected chi connectivity index (χ1v) is 9.37. The van der Waals surface area contributed by atoms with Crippen LogP contribution >= 0.6 is 11.6 Å². The molecule has 1 amide bonds. The highest BCUT2D eigenvalue weighted by atomic mass is 35.5. The predicted molar refractivity (Wildman–Crippen MR) is 110 cm³/mol. The van der Waals surface area contributed by atoms with E-state index in [-0.39, 0.29) is 24.8 Å². The number of hydrogen-bond donors (Lipinski definition) is 1. The van der Waals surface area contributed by atoms with E-state index in [1.165, 1.54) is 5.01 Å². The van der Waals surface area contributed by atoms with E-state index < -0.39 is 5.97 Å². The molecule has 28 heavy (non-hydrogen) atoms. The second-order valence-electron chi connectivity index (χ2n) is 6.89. The van der Waals surface area contributed by atoms with E-state index >= 15 is 0 Å². The van der Waals surface area contributed by atoms with Gasteiger partial charge < -0.3 is 10.0 Å². The third-order valence-corrected chi connectivity index (χ3v) is 4.90. The maximum Gasteiger partial charge on any atom is 0.303 e. The topological polar surface area (TPSA) is 73.2 Å². The highest BCUT2D eigenvalue weighted by Gasteiger charge is 2.33. The van der Waals surface area contributed by atoms with Gasteiger partial charge in [0.05, 0.1) is 18.2 Å². The number of carbonyl (C=O) groups excluding carboxylic acids is 1. The van der Waals surface area contributed by atoms with Crippen LogP contribution < -0.4 is 4.90 Å². The van der Waals surface area contributed by atoms with Gasteiger partial charge in [0.25, 0.3) is 0 Å². The highest BCUT2D eigenvalue weighted by molar-refractivity contribution is 6.30. The predicted octanol–water partition coefficient (Wildman–Crippen LogP) is 3.95. The van der Waals surface area contributed by atoms with Gasteiger partial charge in [-0.2, -0.15) is 5.10 Å². The molecule has 1 aliphatic heterocycles. The largest absolute Gasteiger partial charge is 0.481 e. The first-order chi connectivity index (χ1) is 13.3. The van der Waals surface area contributed by atoms with E-state index in [2.05, 4.69) is 5.10 Å². The van der Waals surface area contributed by atoms with E-state index in [4.69, 9.17) is 16.7 Å². The van der Waals surface area contributed by atoms with Gasteiger partial charge in [-0.3, -0.25) is 9.59 Å². The van der Waals surface area contributed by atoms with Crippen molar-refractivity contribution in [2.45, 2.75) is 25.3 Å². The van der Waals surface area contributed by atoms with Crippen LogP contribution in [0.4, 0.5) is 5.69 Å². The number of aliphatic carboxylic acids is 1. The van der Waals surface area contributed by atoms with Gasteiger partial charge in [-0.15, -0.1) is 0 Å². The van der Waals surface area contributed by atoms with Crippen LogP contribution in [0.2, 0.25) is 5.02 Å². The molecule has 0 aromatic heterocycles. The van der Waals surface area contributed by atoms with Gasteiger partial charge in [-0.1, -0.05) is 35.9 Å². The quantitative estimate of drug-likeness (QED) is 0.798. The number of hydrogen-bond acceptors (Lipinski definition) is 4. The molecule has 1 atom stereocenters. The zero-order valence-corrected chi connectivity index (χ0v) is 16.6. The minimum atomic E-state index is -1.00. The van der Waals surface area contributed by atoms with Crippen LogP contribution in [0.1, 0.15) is 36.4 Å². The summed E-state index contributed by atoms with van der Waals surface area (Å²) in [5, 5.41) is 15.4. The third kappa shape index (κ3) is 4.51.